The van der Waals surface area contributed by atoms with Gasteiger partial charge >= 0.3 is 6.03 Å². The standard InChI is InChI=1S/C22H30N4O3/c1-2-29-18-9-8-16-14-20(24-19(16)15-18)21(27)25-10-12-26(13-11-25)22(28)23-17-6-4-3-5-7-17/h8-9,14-15,17,24H,2-7,10-13H2,1H3,(H,23,28). The Hall–Kier alpha value is -2.70. The Bertz CT molecular complexity index is 864. The molecule has 2 N–H and O–H groups in total. The third-order valence-electron chi connectivity index (χ3n) is 5.92. The molecule has 0 spiro atoms. The number of rotatable bonds is 4. The number of aromatic amines is 1. The number of nitrogens with one attached hydrogen (secondary N) is 2. The fourth-order valence-corrected chi connectivity index (χ4v) is 4.27. The van der Waals surface area contributed by atoms with Gasteiger partial charge in [-0.1, -0.05) is 19.3 Å². The lowest BCUT2D eigenvalue weighted by atomic mass is 9.96. The van der Waals surface area contributed by atoms with Gasteiger partial charge < -0.3 is 24.8 Å². The minimum Gasteiger partial charge on any atom is -0.494 e. The summed E-state index contributed by atoms with van der Waals surface area (Å²) in [5, 5.41) is 4.15. The molecule has 1 saturated carbocycles. The van der Waals surface area contributed by atoms with Crippen molar-refractivity contribution in [1.82, 2.24) is 20.1 Å². The Morgan fingerprint density at radius 2 is 1.79 bits per heavy atom. The number of aromatic nitrogens is 1. The maximum Gasteiger partial charge on any atom is 0.317 e. The summed E-state index contributed by atoms with van der Waals surface area (Å²) in [5.74, 6) is 0.768. The quantitative estimate of drug-likeness (QED) is 0.829. The van der Waals surface area contributed by atoms with E-state index in [1.807, 2.05) is 41.0 Å². The van der Waals surface area contributed by atoms with Crippen molar-refractivity contribution in [3.8, 4) is 5.75 Å². The Morgan fingerprint density at radius 3 is 2.52 bits per heavy atom. The number of nitrogens with zero attached hydrogens (tertiary/aromatic N) is 2. The molecule has 4 rings (SSSR count). The minimum absolute atomic E-state index is 0.0121. The number of benzene rings is 1. The van der Waals surface area contributed by atoms with Gasteiger partial charge in [0.1, 0.15) is 11.4 Å². The van der Waals surface area contributed by atoms with Crippen LogP contribution in [0, 0.1) is 0 Å². The van der Waals surface area contributed by atoms with Gasteiger partial charge in [-0.05, 0) is 38.0 Å². The molecule has 29 heavy (non-hydrogen) atoms. The summed E-state index contributed by atoms with van der Waals surface area (Å²) in [6.45, 7) is 4.80. The molecule has 7 nitrogen and oxygen atoms in total. The number of hydrogen-bond acceptors (Lipinski definition) is 3. The first-order chi connectivity index (χ1) is 14.1. The van der Waals surface area contributed by atoms with E-state index in [0.717, 1.165) is 29.5 Å². The molecule has 156 valence electrons. The highest BCUT2D eigenvalue weighted by atomic mass is 16.5. The molecule has 0 radical (unpaired) electrons. The summed E-state index contributed by atoms with van der Waals surface area (Å²) >= 11 is 0. The van der Waals surface area contributed by atoms with E-state index in [-0.39, 0.29) is 11.9 Å². The van der Waals surface area contributed by atoms with Gasteiger partial charge in [0.2, 0.25) is 0 Å². The number of fused-ring (bicyclic) bond motifs is 1. The van der Waals surface area contributed by atoms with Crippen LogP contribution >= 0.6 is 0 Å². The third kappa shape index (κ3) is 4.49. The molecular formula is C22H30N4O3. The molecule has 1 saturated heterocycles. The molecule has 2 fully saturated rings. The van der Waals surface area contributed by atoms with Gasteiger partial charge in [-0.3, -0.25) is 4.79 Å². The Morgan fingerprint density at radius 1 is 1.07 bits per heavy atom. The fourth-order valence-electron chi connectivity index (χ4n) is 4.27. The molecule has 1 aliphatic carbocycles. The van der Waals surface area contributed by atoms with Crippen LogP contribution in [-0.4, -0.2) is 65.5 Å². The Balaban J connectivity index is 1.33. The molecule has 0 atom stereocenters. The number of carbonyl (C=O) groups excluding carboxylic acids is 2. The molecule has 2 aromatic rings. The van der Waals surface area contributed by atoms with Crippen LogP contribution < -0.4 is 10.1 Å². The van der Waals surface area contributed by atoms with Crippen molar-refractivity contribution in [2.24, 2.45) is 0 Å². The van der Waals surface area contributed by atoms with Gasteiger partial charge in [0.25, 0.3) is 5.91 Å². The molecule has 0 unspecified atom stereocenters. The Labute approximate surface area is 171 Å². The van der Waals surface area contributed by atoms with Crippen molar-refractivity contribution in [2.75, 3.05) is 32.8 Å². The van der Waals surface area contributed by atoms with Crippen LogP contribution in [0.3, 0.4) is 0 Å². The van der Waals surface area contributed by atoms with Gasteiger partial charge in [-0.15, -0.1) is 0 Å². The maximum absolute atomic E-state index is 12.9. The average Bonchev–Trinajstić information content (AvgIpc) is 3.18. The molecule has 1 aromatic carbocycles. The SMILES string of the molecule is CCOc1ccc2cc(C(=O)N3CCN(C(=O)NC4CCCCC4)CC3)[nH]c2c1. The van der Waals surface area contributed by atoms with Crippen molar-refractivity contribution in [2.45, 2.75) is 45.1 Å². The van der Waals surface area contributed by atoms with E-state index in [1.165, 1.54) is 19.3 Å². The monoisotopic (exact) mass is 398 g/mol. The zero-order chi connectivity index (χ0) is 20.2. The number of amides is 3. The fraction of sp³-hybridized carbons (Fsp3) is 0.545. The zero-order valence-electron chi connectivity index (χ0n) is 17.1. The zero-order valence-corrected chi connectivity index (χ0v) is 17.1. The smallest absolute Gasteiger partial charge is 0.317 e. The van der Waals surface area contributed by atoms with E-state index >= 15 is 0 Å². The van der Waals surface area contributed by atoms with Gasteiger partial charge in [-0.25, -0.2) is 4.79 Å². The molecular weight excluding hydrogens is 368 g/mol. The first kappa shape index (κ1) is 19.6. The van der Waals surface area contributed by atoms with Crippen LogP contribution in [0.15, 0.2) is 24.3 Å². The summed E-state index contributed by atoms with van der Waals surface area (Å²) < 4.78 is 5.53. The van der Waals surface area contributed by atoms with E-state index in [2.05, 4.69) is 10.3 Å². The van der Waals surface area contributed by atoms with Gasteiger partial charge in [-0.2, -0.15) is 0 Å². The number of carbonyl (C=O) groups is 2. The number of hydrogen-bond donors (Lipinski definition) is 2. The highest BCUT2D eigenvalue weighted by molar-refractivity contribution is 5.98. The van der Waals surface area contributed by atoms with Crippen LogP contribution in [0.25, 0.3) is 10.9 Å². The van der Waals surface area contributed by atoms with E-state index in [0.29, 0.717) is 44.5 Å². The molecule has 2 aliphatic rings. The van der Waals surface area contributed by atoms with E-state index in [1.54, 1.807) is 0 Å². The van der Waals surface area contributed by atoms with Crippen molar-refractivity contribution < 1.29 is 14.3 Å². The molecule has 7 heteroatoms. The number of piperazine rings is 1. The van der Waals surface area contributed by atoms with E-state index in [4.69, 9.17) is 4.74 Å². The van der Waals surface area contributed by atoms with Gasteiger partial charge in [0.05, 0.1) is 6.61 Å². The topological polar surface area (TPSA) is 77.7 Å². The predicted octanol–water partition coefficient (Wildman–Crippen LogP) is 3.37. The van der Waals surface area contributed by atoms with Crippen LogP contribution in [0.4, 0.5) is 4.79 Å². The molecule has 0 bridgehead atoms. The largest absolute Gasteiger partial charge is 0.494 e. The summed E-state index contributed by atoms with van der Waals surface area (Å²) in [4.78, 5) is 32.3. The number of H-pyrrole nitrogens is 1. The van der Waals surface area contributed by atoms with Crippen molar-refractivity contribution in [3.05, 3.63) is 30.0 Å². The minimum atomic E-state index is -0.0218. The second kappa shape index (κ2) is 8.76. The lowest BCUT2D eigenvalue weighted by Gasteiger charge is -2.35. The van der Waals surface area contributed by atoms with E-state index in [9.17, 15) is 9.59 Å². The van der Waals surface area contributed by atoms with Crippen molar-refractivity contribution in [3.63, 3.8) is 0 Å². The first-order valence-corrected chi connectivity index (χ1v) is 10.7. The summed E-state index contributed by atoms with van der Waals surface area (Å²) in [6.07, 6.45) is 5.83. The third-order valence-corrected chi connectivity index (χ3v) is 5.92. The molecule has 2 heterocycles. The highest BCUT2D eigenvalue weighted by Crippen LogP contribution is 2.23. The highest BCUT2D eigenvalue weighted by Gasteiger charge is 2.27. The number of ether oxygens (including phenoxy) is 1. The molecule has 3 amide bonds. The normalized spacial score (nSPS) is 18.1. The number of urea groups is 1. The molecule has 1 aromatic heterocycles. The van der Waals surface area contributed by atoms with Crippen LogP contribution in [0.1, 0.15) is 49.5 Å². The van der Waals surface area contributed by atoms with Crippen molar-refractivity contribution >= 4 is 22.8 Å². The maximum atomic E-state index is 12.9. The Kier molecular flexibility index (Phi) is 5.92. The second-order valence-electron chi connectivity index (χ2n) is 7.93. The predicted molar refractivity (Wildman–Crippen MR) is 112 cm³/mol. The molecule has 1 aliphatic heterocycles. The van der Waals surface area contributed by atoms with E-state index < -0.39 is 0 Å². The van der Waals surface area contributed by atoms with Crippen LogP contribution in [0.5, 0.6) is 5.75 Å². The average molecular weight is 399 g/mol. The summed E-state index contributed by atoms with van der Waals surface area (Å²) in [6, 6.07) is 8.00. The van der Waals surface area contributed by atoms with Gasteiger partial charge in [0, 0.05) is 49.2 Å². The summed E-state index contributed by atoms with van der Waals surface area (Å²) in [7, 11) is 0. The lowest BCUT2D eigenvalue weighted by molar-refractivity contribution is 0.0657. The van der Waals surface area contributed by atoms with Gasteiger partial charge in [0.15, 0.2) is 0 Å². The van der Waals surface area contributed by atoms with Crippen LogP contribution in [-0.2, 0) is 0 Å². The second-order valence-corrected chi connectivity index (χ2v) is 7.93. The van der Waals surface area contributed by atoms with Crippen molar-refractivity contribution in [1.29, 1.82) is 0 Å². The lowest BCUT2D eigenvalue weighted by Crippen LogP contribution is -2.54. The first-order valence-electron chi connectivity index (χ1n) is 10.7. The summed E-state index contributed by atoms with van der Waals surface area (Å²) in [5.41, 5.74) is 1.47. The van der Waals surface area contributed by atoms with Crippen LogP contribution in [0.2, 0.25) is 0 Å².